The summed E-state index contributed by atoms with van der Waals surface area (Å²) in [6, 6.07) is 12.6. The molecule has 0 saturated heterocycles. The number of amides is 2. The number of carbonyl (C=O) groups excluding carboxylic acids is 2. The summed E-state index contributed by atoms with van der Waals surface area (Å²) in [5, 5.41) is 5.96. The fourth-order valence-electron chi connectivity index (χ4n) is 2.87. The zero-order chi connectivity index (χ0) is 22.5. The number of hydrogen-bond acceptors (Lipinski definition) is 4. The average Bonchev–Trinajstić information content (AvgIpc) is 3.08. The molecular weight excluding hydrogens is 429 g/mol. The number of thiophene rings is 1. The summed E-state index contributed by atoms with van der Waals surface area (Å²) < 4.78 is 42.1. The number of hydrogen-bond donors (Lipinski definition) is 2. The van der Waals surface area contributed by atoms with E-state index in [0.717, 1.165) is 17.4 Å². The van der Waals surface area contributed by atoms with Crippen molar-refractivity contribution in [3.05, 3.63) is 82.0 Å². The molecule has 0 fully saturated rings. The molecule has 1 aromatic heterocycles. The third-order valence-electron chi connectivity index (χ3n) is 4.40. The molecule has 0 aliphatic heterocycles. The van der Waals surface area contributed by atoms with Gasteiger partial charge in [0.05, 0.1) is 15.9 Å². The molecule has 0 radical (unpaired) electrons. The van der Waals surface area contributed by atoms with E-state index in [2.05, 4.69) is 15.4 Å². The van der Waals surface area contributed by atoms with Gasteiger partial charge < -0.3 is 15.4 Å². The van der Waals surface area contributed by atoms with Gasteiger partial charge in [-0.25, -0.2) is 4.39 Å². The maximum Gasteiger partial charge on any atom is 0.387 e. The van der Waals surface area contributed by atoms with Crippen LogP contribution in [0.2, 0.25) is 0 Å². The summed E-state index contributed by atoms with van der Waals surface area (Å²) in [7, 11) is 0. The van der Waals surface area contributed by atoms with E-state index in [1.54, 1.807) is 32.0 Å². The van der Waals surface area contributed by atoms with Crippen LogP contribution in [0, 0.1) is 12.7 Å². The Kier molecular flexibility index (Phi) is 6.96. The maximum absolute atomic E-state index is 13.3. The minimum atomic E-state index is -2.90. The van der Waals surface area contributed by atoms with Gasteiger partial charge in [0.25, 0.3) is 11.8 Å². The summed E-state index contributed by atoms with van der Waals surface area (Å²) in [6.07, 6.45) is 0. The normalized spacial score (nSPS) is 11.8. The molecule has 3 rings (SSSR count). The van der Waals surface area contributed by atoms with Crippen molar-refractivity contribution in [2.45, 2.75) is 26.5 Å². The third-order valence-corrected chi connectivity index (χ3v) is 5.55. The topological polar surface area (TPSA) is 67.4 Å². The Bertz CT molecular complexity index is 1080. The van der Waals surface area contributed by atoms with E-state index in [9.17, 15) is 22.8 Å². The van der Waals surface area contributed by atoms with Gasteiger partial charge in [-0.2, -0.15) is 8.78 Å². The van der Waals surface area contributed by atoms with E-state index in [1.165, 1.54) is 30.3 Å². The van der Waals surface area contributed by atoms with Crippen LogP contribution in [-0.4, -0.2) is 18.4 Å². The van der Waals surface area contributed by atoms with Crippen molar-refractivity contribution in [1.82, 2.24) is 5.32 Å². The van der Waals surface area contributed by atoms with Gasteiger partial charge in [-0.05, 0) is 61.4 Å². The summed E-state index contributed by atoms with van der Waals surface area (Å²) in [4.78, 5) is 25.4. The number of rotatable bonds is 7. The van der Waals surface area contributed by atoms with Crippen molar-refractivity contribution in [1.29, 1.82) is 0 Å². The van der Waals surface area contributed by atoms with Crippen LogP contribution in [0.4, 0.5) is 18.2 Å². The van der Waals surface area contributed by atoms with Crippen molar-refractivity contribution < 1.29 is 27.5 Å². The highest BCUT2D eigenvalue weighted by Crippen LogP contribution is 2.28. The van der Waals surface area contributed by atoms with Gasteiger partial charge in [-0.1, -0.05) is 18.2 Å². The SMILES string of the molecule is Cc1cc(NC(=O)c2cccc(F)c2)sc1C(=O)NC(C)c1ccc(OC(F)F)cc1. The van der Waals surface area contributed by atoms with Crippen molar-refractivity contribution in [3.8, 4) is 5.75 Å². The molecule has 1 atom stereocenters. The van der Waals surface area contributed by atoms with Gasteiger partial charge in [-0.3, -0.25) is 9.59 Å². The Balaban J connectivity index is 1.65. The molecule has 0 bridgehead atoms. The highest BCUT2D eigenvalue weighted by molar-refractivity contribution is 7.18. The van der Waals surface area contributed by atoms with Crippen molar-refractivity contribution in [3.63, 3.8) is 0 Å². The second-order valence-electron chi connectivity index (χ2n) is 6.73. The lowest BCUT2D eigenvalue weighted by molar-refractivity contribution is -0.0498. The highest BCUT2D eigenvalue weighted by atomic mass is 32.1. The van der Waals surface area contributed by atoms with Crippen LogP contribution >= 0.6 is 11.3 Å². The van der Waals surface area contributed by atoms with Crippen LogP contribution in [0.15, 0.2) is 54.6 Å². The molecule has 9 heteroatoms. The predicted molar refractivity (Wildman–Crippen MR) is 112 cm³/mol. The number of aryl methyl sites for hydroxylation is 1. The highest BCUT2D eigenvalue weighted by Gasteiger charge is 2.18. The second kappa shape index (κ2) is 9.65. The molecule has 1 unspecified atom stereocenters. The van der Waals surface area contributed by atoms with Crippen LogP contribution in [0.1, 0.15) is 44.1 Å². The second-order valence-corrected chi connectivity index (χ2v) is 7.78. The number of carbonyl (C=O) groups is 2. The lowest BCUT2D eigenvalue weighted by atomic mass is 10.1. The molecule has 0 aliphatic carbocycles. The molecule has 0 aliphatic rings. The number of anilines is 1. The van der Waals surface area contributed by atoms with Crippen molar-refractivity contribution in [2.24, 2.45) is 0 Å². The van der Waals surface area contributed by atoms with Crippen LogP contribution in [0.25, 0.3) is 0 Å². The quantitative estimate of drug-likeness (QED) is 0.499. The first-order valence-corrected chi connectivity index (χ1v) is 10.1. The van der Waals surface area contributed by atoms with E-state index in [4.69, 9.17) is 0 Å². The zero-order valence-electron chi connectivity index (χ0n) is 16.6. The minimum absolute atomic E-state index is 0.0325. The number of nitrogens with one attached hydrogen (secondary N) is 2. The van der Waals surface area contributed by atoms with Gasteiger partial charge >= 0.3 is 6.61 Å². The molecule has 162 valence electrons. The molecule has 2 aromatic carbocycles. The van der Waals surface area contributed by atoms with Gasteiger partial charge in [0, 0.05) is 5.56 Å². The van der Waals surface area contributed by atoms with Gasteiger partial charge in [-0.15, -0.1) is 11.3 Å². The van der Waals surface area contributed by atoms with Crippen LogP contribution < -0.4 is 15.4 Å². The molecule has 0 saturated carbocycles. The molecule has 2 N–H and O–H groups in total. The van der Waals surface area contributed by atoms with E-state index in [-0.39, 0.29) is 23.3 Å². The summed E-state index contributed by atoms with van der Waals surface area (Å²) >= 11 is 1.10. The van der Waals surface area contributed by atoms with E-state index >= 15 is 0 Å². The summed E-state index contributed by atoms with van der Waals surface area (Å²) in [6.45, 7) is 0.598. The smallest absolute Gasteiger partial charge is 0.387 e. The molecule has 1 heterocycles. The van der Waals surface area contributed by atoms with Gasteiger partial charge in [0.1, 0.15) is 11.6 Å². The lowest BCUT2D eigenvalue weighted by Gasteiger charge is -2.15. The Morgan fingerprint density at radius 3 is 2.39 bits per heavy atom. The average molecular weight is 448 g/mol. The fraction of sp³-hybridized carbons (Fsp3) is 0.182. The number of benzene rings is 2. The van der Waals surface area contributed by atoms with Crippen molar-refractivity contribution >= 4 is 28.2 Å². The Hall–Kier alpha value is -3.33. The molecule has 5 nitrogen and oxygen atoms in total. The summed E-state index contributed by atoms with van der Waals surface area (Å²) in [5.41, 5.74) is 1.55. The number of ether oxygens (including phenoxy) is 1. The first-order chi connectivity index (χ1) is 14.7. The van der Waals surface area contributed by atoms with E-state index < -0.39 is 18.3 Å². The van der Waals surface area contributed by atoms with Crippen LogP contribution in [0.3, 0.4) is 0 Å². The minimum Gasteiger partial charge on any atom is -0.435 e. The Morgan fingerprint density at radius 1 is 1.03 bits per heavy atom. The van der Waals surface area contributed by atoms with E-state index in [1.807, 2.05) is 0 Å². The van der Waals surface area contributed by atoms with E-state index in [0.29, 0.717) is 21.0 Å². The third kappa shape index (κ3) is 5.85. The van der Waals surface area contributed by atoms with Gasteiger partial charge in [0.2, 0.25) is 0 Å². The molecule has 3 aromatic rings. The number of alkyl halides is 2. The molecule has 0 spiro atoms. The van der Waals surface area contributed by atoms with Gasteiger partial charge in [0.15, 0.2) is 0 Å². The lowest BCUT2D eigenvalue weighted by Crippen LogP contribution is -2.26. The maximum atomic E-state index is 13.3. The largest absolute Gasteiger partial charge is 0.435 e. The molecule has 2 amide bonds. The predicted octanol–water partition coefficient (Wildman–Crippen LogP) is 5.54. The monoisotopic (exact) mass is 448 g/mol. The zero-order valence-corrected chi connectivity index (χ0v) is 17.4. The first kappa shape index (κ1) is 22.4. The van der Waals surface area contributed by atoms with Crippen LogP contribution in [0.5, 0.6) is 5.75 Å². The molecule has 31 heavy (non-hydrogen) atoms. The van der Waals surface area contributed by atoms with Crippen molar-refractivity contribution in [2.75, 3.05) is 5.32 Å². The number of halogens is 3. The fourth-order valence-corrected chi connectivity index (χ4v) is 3.84. The Labute approximate surface area is 180 Å². The first-order valence-electron chi connectivity index (χ1n) is 9.26. The van der Waals surface area contributed by atoms with Crippen LogP contribution in [-0.2, 0) is 0 Å². The molecular formula is C22H19F3N2O3S. The summed E-state index contributed by atoms with van der Waals surface area (Å²) in [5.74, 6) is -1.30. The Morgan fingerprint density at radius 2 is 1.74 bits per heavy atom. The standard InChI is InChI=1S/C22H19F3N2O3S/c1-12-10-18(27-20(28)15-4-3-5-16(23)11-15)31-19(12)21(29)26-13(2)14-6-8-17(9-7-14)30-22(24)25/h3-11,13,22H,1-2H3,(H,26,29)(H,27,28).